The summed E-state index contributed by atoms with van der Waals surface area (Å²) in [6, 6.07) is 0. The molecule has 5 heteroatoms. The Morgan fingerprint density at radius 2 is 1.81 bits per heavy atom. The molecule has 0 saturated carbocycles. The molecule has 3 heterocycles. The lowest BCUT2D eigenvalue weighted by Gasteiger charge is -2.35. The van der Waals surface area contributed by atoms with Crippen molar-refractivity contribution in [2.75, 3.05) is 37.6 Å². The standard InChI is InChI=1S/C16H27BrN4/c1-13-15(11-17)16(19(2)18-13)21-9-5-14(6-10-21)12-20-7-3-4-8-20/h14H,3-12H2,1-2H3. The van der Waals surface area contributed by atoms with Crippen LogP contribution in [0, 0.1) is 12.8 Å². The van der Waals surface area contributed by atoms with Crippen molar-refractivity contribution in [3.8, 4) is 0 Å². The first-order valence-electron chi connectivity index (χ1n) is 8.24. The van der Waals surface area contributed by atoms with Crippen LogP contribution in [-0.4, -0.2) is 47.4 Å². The predicted octanol–water partition coefficient (Wildman–Crippen LogP) is 2.94. The number of halogens is 1. The molecule has 2 aliphatic heterocycles. The molecule has 1 aromatic rings. The second-order valence-electron chi connectivity index (χ2n) is 6.58. The lowest BCUT2D eigenvalue weighted by molar-refractivity contribution is 0.249. The van der Waals surface area contributed by atoms with Crippen molar-refractivity contribution in [1.82, 2.24) is 14.7 Å². The summed E-state index contributed by atoms with van der Waals surface area (Å²) in [6.07, 6.45) is 5.45. The molecule has 1 aromatic heterocycles. The Morgan fingerprint density at radius 3 is 2.43 bits per heavy atom. The minimum absolute atomic E-state index is 0.890. The first-order valence-corrected chi connectivity index (χ1v) is 9.37. The minimum atomic E-state index is 0.890. The van der Waals surface area contributed by atoms with Crippen LogP contribution in [0.5, 0.6) is 0 Å². The van der Waals surface area contributed by atoms with Gasteiger partial charge in [0.25, 0.3) is 0 Å². The molecule has 0 aliphatic carbocycles. The molecule has 21 heavy (non-hydrogen) atoms. The molecule has 0 bridgehead atoms. The summed E-state index contributed by atoms with van der Waals surface area (Å²) >= 11 is 3.62. The number of hydrogen-bond acceptors (Lipinski definition) is 3. The van der Waals surface area contributed by atoms with Crippen LogP contribution in [0.3, 0.4) is 0 Å². The maximum absolute atomic E-state index is 4.60. The van der Waals surface area contributed by atoms with E-state index in [1.54, 1.807) is 0 Å². The average Bonchev–Trinajstić information content (AvgIpc) is 3.07. The van der Waals surface area contributed by atoms with E-state index in [4.69, 9.17) is 0 Å². The van der Waals surface area contributed by atoms with Crippen LogP contribution in [0.15, 0.2) is 0 Å². The van der Waals surface area contributed by atoms with E-state index in [9.17, 15) is 0 Å². The van der Waals surface area contributed by atoms with Gasteiger partial charge in [0.05, 0.1) is 5.69 Å². The first kappa shape index (κ1) is 15.3. The van der Waals surface area contributed by atoms with Crippen LogP contribution < -0.4 is 4.90 Å². The predicted molar refractivity (Wildman–Crippen MR) is 91.2 cm³/mol. The quantitative estimate of drug-likeness (QED) is 0.777. The number of hydrogen-bond donors (Lipinski definition) is 0. The minimum Gasteiger partial charge on any atom is -0.357 e. The van der Waals surface area contributed by atoms with E-state index < -0.39 is 0 Å². The van der Waals surface area contributed by atoms with Gasteiger partial charge in [-0.3, -0.25) is 4.68 Å². The van der Waals surface area contributed by atoms with Crippen LogP contribution in [0.1, 0.15) is 36.9 Å². The zero-order chi connectivity index (χ0) is 14.8. The van der Waals surface area contributed by atoms with Gasteiger partial charge in [-0.2, -0.15) is 5.10 Å². The van der Waals surface area contributed by atoms with Crippen LogP contribution >= 0.6 is 15.9 Å². The Kier molecular flexibility index (Phi) is 4.89. The fraction of sp³-hybridized carbons (Fsp3) is 0.812. The molecule has 2 aliphatic rings. The second-order valence-corrected chi connectivity index (χ2v) is 7.14. The fourth-order valence-corrected chi connectivity index (χ4v) is 4.56. The molecular formula is C16H27BrN4. The van der Waals surface area contributed by atoms with Gasteiger partial charge in [-0.05, 0) is 51.6 Å². The molecule has 2 fully saturated rings. The van der Waals surface area contributed by atoms with E-state index in [1.807, 2.05) is 0 Å². The maximum atomic E-state index is 4.60. The van der Waals surface area contributed by atoms with Gasteiger partial charge in [-0.1, -0.05) is 15.9 Å². The number of alkyl halides is 1. The summed E-state index contributed by atoms with van der Waals surface area (Å²) < 4.78 is 2.06. The van der Waals surface area contributed by atoms with Gasteiger partial charge in [0.1, 0.15) is 5.82 Å². The summed E-state index contributed by atoms with van der Waals surface area (Å²) in [5, 5.41) is 5.49. The Balaban J connectivity index is 1.60. The maximum Gasteiger partial charge on any atom is 0.130 e. The summed E-state index contributed by atoms with van der Waals surface area (Å²) in [5.74, 6) is 2.21. The highest BCUT2D eigenvalue weighted by atomic mass is 79.9. The molecule has 118 valence electrons. The number of piperidine rings is 1. The van der Waals surface area contributed by atoms with Gasteiger partial charge < -0.3 is 9.80 Å². The number of anilines is 1. The normalized spacial score (nSPS) is 21.4. The van der Waals surface area contributed by atoms with E-state index in [0.29, 0.717) is 0 Å². The molecule has 0 N–H and O–H groups in total. The molecule has 0 radical (unpaired) electrons. The molecule has 0 spiro atoms. The zero-order valence-electron chi connectivity index (χ0n) is 13.3. The summed E-state index contributed by atoms with van der Waals surface area (Å²) in [7, 11) is 2.07. The van der Waals surface area contributed by atoms with Gasteiger partial charge in [-0.25, -0.2) is 0 Å². The number of aryl methyl sites for hydroxylation is 2. The van der Waals surface area contributed by atoms with Crippen molar-refractivity contribution in [1.29, 1.82) is 0 Å². The molecule has 0 atom stereocenters. The topological polar surface area (TPSA) is 24.3 Å². The van der Waals surface area contributed by atoms with Gasteiger partial charge in [-0.15, -0.1) is 0 Å². The molecular weight excluding hydrogens is 328 g/mol. The monoisotopic (exact) mass is 354 g/mol. The Bertz CT molecular complexity index is 471. The van der Waals surface area contributed by atoms with Crippen molar-refractivity contribution in [2.24, 2.45) is 13.0 Å². The highest BCUT2D eigenvalue weighted by Crippen LogP contribution is 2.30. The van der Waals surface area contributed by atoms with Crippen LogP contribution in [0.2, 0.25) is 0 Å². The van der Waals surface area contributed by atoms with Gasteiger partial charge >= 0.3 is 0 Å². The van der Waals surface area contributed by atoms with Crippen LogP contribution in [-0.2, 0) is 12.4 Å². The van der Waals surface area contributed by atoms with Crippen molar-refractivity contribution >= 4 is 21.7 Å². The summed E-state index contributed by atoms with van der Waals surface area (Å²) in [4.78, 5) is 5.20. The Labute approximate surface area is 136 Å². The number of aromatic nitrogens is 2. The van der Waals surface area contributed by atoms with Crippen LogP contribution in [0.4, 0.5) is 5.82 Å². The first-order chi connectivity index (χ1) is 10.2. The second kappa shape index (κ2) is 6.69. The molecule has 0 aromatic carbocycles. The van der Waals surface area contributed by atoms with E-state index in [0.717, 1.165) is 16.9 Å². The van der Waals surface area contributed by atoms with E-state index in [-0.39, 0.29) is 0 Å². The molecule has 3 rings (SSSR count). The molecule has 0 amide bonds. The lowest BCUT2D eigenvalue weighted by atomic mass is 9.96. The smallest absolute Gasteiger partial charge is 0.130 e. The lowest BCUT2D eigenvalue weighted by Crippen LogP contribution is -2.39. The van der Waals surface area contributed by atoms with E-state index >= 15 is 0 Å². The SMILES string of the molecule is Cc1nn(C)c(N2CCC(CN3CCCC3)CC2)c1CBr. The third-order valence-corrected chi connectivity index (χ3v) is 5.64. The Hall–Kier alpha value is -0.550. The molecule has 0 unspecified atom stereocenters. The largest absolute Gasteiger partial charge is 0.357 e. The van der Waals surface area contributed by atoms with Gasteiger partial charge in [0.2, 0.25) is 0 Å². The van der Waals surface area contributed by atoms with Crippen molar-refractivity contribution in [3.63, 3.8) is 0 Å². The summed E-state index contributed by atoms with van der Waals surface area (Å²) in [6.45, 7) is 8.45. The highest BCUT2D eigenvalue weighted by Gasteiger charge is 2.26. The third-order valence-electron chi connectivity index (χ3n) is 5.08. The summed E-state index contributed by atoms with van der Waals surface area (Å²) in [5.41, 5.74) is 2.51. The number of rotatable bonds is 4. The fourth-order valence-electron chi connectivity index (χ4n) is 3.90. The number of likely N-dealkylation sites (tertiary alicyclic amines) is 1. The Morgan fingerprint density at radius 1 is 1.14 bits per heavy atom. The van der Waals surface area contributed by atoms with Gasteiger partial charge in [0, 0.05) is 37.6 Å². The third kappa shape index (κ3) is 3.29. The molecule has 4 nitrogen and oxygen atoms in total. The van der Waals surface area contributed by atoms with Gasteiger partial charge in [0.15, 0.2) is 0 Å². The van der Waals surface area contributed by atoms with E-state index in [2.05, 4.69) is 49.5 Å². The average molecular weight is 355 g/mol. The highest BCUT2D eigenvalue weighted by molar-refractivity contribution is 9.08. The van der Waals surface area contributed by atoms with Crippen molar-refractivity contribution < 1.29 is 0 Å². The van der Waals surface area contributed by atoms with Crippen LogP contribution in [0.25, 0.3) is 0 Å². The van der Waals surface area contributed by atoms with Crippen molar-refractivity contribution in [2.45, 2.75) is 37.9 Å². The zero-order valence-corrected chi connectivity index (χ0v) is 14.9. The van der Waals surface area contributed by atoms with E-state index in [1.165, 1.54) is 69.8 Å². The number of nitrogens with zero attached hydrogens (tertiary/aromatic N) is 4. The van der Waals surface area contributed by atoms with Crippen molar-refractivity contribution in [3.05, 3.63) is 11.3 Å². The molecule has 2 saturated heterocycles.